The monoisotopic (exact) mass is 604 g/mol. The van der Waals surface area contributed by atoms with Crippen LogP contribution in [0.15, 0.2) is 48.5 Å². The Balaban J connectivity index is 1.43. The largest absolute Gasteiger partial charge is 0.378 e. The first-order valence-electron chi connectivity index (χ1n) is 13.8. The van der Waals surface area contributed by atoms with Crippen LogP contribution < -0.4 is 11.1 Å². The number of nitrogens with zero attached hydrogens (tertiary/aromatic N) is 2. The van der Waals surface area contributed by atoms with E-state index in [1.165, 1.54) is 4.90 Å². The van der Waals surface area contributed by atoms with E-state index in [0.717, 1.165) is 11.1 Å². The number of halogens is 1. The van der Waals surface area contributed by atoms with Crippen molar-refractivity contribution in [2.24, 2.45) is 11.7 Å². The van der Waals surface area contributed by atoms with E-state index in [0.29, 0.717) is 56.4 Å². The van der Waals surface area contributed by atoms with E-state index in [-0.39, 0.29) is 37.0 Å². The zero-order valence-electron chi connectivity index (χ0n) is 23.0. The Labute approximate surface area is 246 Å². The van der Waals surface area contributed by atoms with Crippen molar-refractivity contribution in [2.75, 3.05) is 38.6 Å². The van der Waals surface area contributed by atoms with Gasteiger partial charge < -0.3 is 25.6 Å². The molecule has 0 unspecified atom stereocenters. The van der Waals surface area contributed by atoms with Crippen LogP contribution in [0.4, 0.5) is 0 Å². The van der Waals surface area contributed by atoms with Crippen molar-refractivity contribution in [2.45, 2.75) is 44.1 Å². The first kappa shape index (κ1) is 31.0. The number of nitrogens with two attached hydrogens (primary N) is 1. The summed E-state index contributed by atoms with van der Waals surface area (Å²) in [6, 6.07) is 13.3. The van der Waals surface area contributed by atoms with E-state index in [2.05, 4.69) is 5.32 Å². The van der Waals surface area contributed by atoms with E-state index >= 15 is 0 Å². The Hall–Kier alpha value is -2.99. The number of amides is 3. The van der Waals surface area contributed by atoms with Gasteiger partial charge in [-0.2, -0.15) is 0 Å². The number of sulfone groups is 1. The van der Waals surface area contributed by atoms with Gasteiger partial charge in [-0.1, -0.05) is 48.0 Å². The molecule has 2 aliphatic rings. The summed E-state index contributed by atoms with van der Waals surface area (Å²) in [4.78, 5) is 42.7. The number of hydrogen-bond acceptors (Lipinski definition) is 7. The lowest BCUT2D eigenvalue weighted by Crippen LogP contribution is -2.60. The summed E-state index contributed by atoms with van der Waals surface area (Å²) in [7, 11) is -3.68. The average molecular weight is 605 g/mol. The van der Waals surface area contributed by atoms with Crippen molar-refractivity contribution in [3.63, 3.8) is 0 Å². The Morgan fingerprint density at radius 3 is 2.44 bits per heavy atom. The molecule has 41 heavy (non-hydrogen) atoms. The molecule has 2 heterocycles. The summed E-state index contributed by atoms with van der Waals surface area (Å²) in [5.41, 5.74) is 8.07. The number of ether oxygens (including phenoxy) is 1. The molecule has 0 aromatic heterocycles. The number of hydrogen-bond donors (Lipinski definition) is 2. The second kappa shape index (κ2) is 14.3. The van der Waals surface area contributed by atoms with Gasteiger partial charge in [0.05, 0.1) is 30.6 Å². The van der Waals surface area contributed by atoms with Gasteiger partial charge in [-0.05, 0) is 41.7 Å². The minimum Gasteiger partial charge on any atom is -0.378 e. The molecule has 0 spiro atoms. The minimum absolute atomic E-state index is 0.0403. The van der Waals surface area contributed by atoms with Crippen LogP contribution in [-0.4, -0.2) is 80.6 Å². The topological polar surface area (TPSA) is 139 Å². The molecule has 2 fully saturated rings. The third-order valence-electron chi connectivity index (χ3n) is 7.55. The summed E-state index contributed by atoms with van der Waals surface area (Å²) in [6.07, 6.45) is 0.585. The molecule has 3 N–H and O–H groups in total. The third kappa shape index (κ3) is 8.51. The summed E-state index contributed by atoms with van der Waals surface area (Å²) in [6.45, 7) is 2.67. The fraction of sp³-hybridized carbons (Fsp3) is 0.483. The van der Waals surface area contributed by atoms with E-state index < -0.39 is 33.5 Å². The molecule has 12 heteroatoms. The van der Waals surface area contributed by atoms with Crippen molar-refractivity contribution in [1.82, 2.24) is 15.1 Å². The highest BCUT2D eigenvalue weighted by Gasteiger charge is 2.41. The second-order valence-electron chi connectivity index (χ2n) is 10.4. The molecule has 4 rings (SSSR count). The molecule has 222 valence electrons. The first-order chi connectivity index (χ1) is 19.7. The van der Waals surface area contributed by atoms with Crippen LogP contribution >= 0.6 is 11.6 Å². The Bertz CT molecular complexity index is 1330. The number of benzene rings is 2. The van der Waals surface area contributed by atoms with E-state index in [9.17, 15) is 22.8 Å². The first-order valence-corrected chi connectivity index (χ1v) is 16.0. The van der Waals surface area contributed by atoms with Crippen molar-refractivity contribution in [3.05, 3.63) is 70.2 Å². The predicted octanol–water partition coefficient (Wildman–Crippen LogP) is 1.89. The maximum absolute atomic E-state index is 13.7. The van der Waals surface area contributed by atoms with Crippen LogP contribution in [-0.2, 0) is 47.8 Å². The number of carbonyl (C=O) groups excluding carboxylic acids is 3. The molecule has 0 bridgehead atoms. The van der Waals surface area contributed by atoms with Crippen LogP contribution in [0, 0.1) is 5.92 Å². The van der Waals surface area contributed by atoms with Gasteiger partial charge in [0, 0.05) is 44.2 Å². The molecule has 3 amide bonds. The van der Waals surface area contributed by atoms with Gasteiger partial charge in [0.25, 0.3) is 0 Å². The molecule has 2 aromatic carbocycles. The zero-order chi connectivity index (χ0) is 29.4. The SMILES string of the molecule is NCc1ccc(Cl)cc1CNC(=O)[C@@H]1CCN1C(=O)[C@@H](CCC(=O)N1CCOCC1)CS(=O)(=O)Cc1ccccc1. The maximum atomic E-state index is 13.7. The van der Waals surface area contributed by atoms with Gasteiger partial charge in [-0.15, -0.1) is 0 Å². The second-order valence-corrected chi connectivity index (χ2v) is 13.0. The number of likely N-dealkylation sites (tertiary alicyclic amines) is 1. The summed E-state index contributed by atoms with van der Waals surface area (Å²) in [5, 5.41) is 3.39. The van der Waals surface area contributed by atoms with Crippen LogP contribution in [0.2, 0.25) is 5.02 Å². The molecule has 0 radical (unpaired) electrons. The van der Waals surface area contributed by atoms with Crippen LogP contribution in [0.1, 0.15) is 36.0 Å². The number of nitrogens with one attached hydrogen (secondary N) is 1. The third-order valence-corrected chi connectivity index (χ3v) is 9.47. The summed E-state index contributed by atoms with van der Waals surface area (Å²) in [5.74, 6) is -2.44. The smallest absolute Gasteiger partial charge is 0.243 e. The Morgan fingerprint density at radius 2 is 1.78 bits per heavy atom. The van der Waals surface area contributed by atoms with Crippen molar-refractivity contribution < 1.29 is 27.5 Å². The number of morpholine rings is 1. The quantitative estimate of drug-likeness (QED) is 0.377. The molecular formula is C29H37ClN4O6S. The summed E-state index contributed by atoms with van der Waals surface area (Å²) < 4.78 is 31.6. The lowest BCUT2D eigenvalue weighted by molar-refractivity contribution is -0.150. The van der Waals surface area contributed by atoms with Gasteiger partial charge in [-0.3, -0.25) is 14.4 Å². The van der Waals surface area contributed by atoms with Crippen LogP contribution in [0.5, 0.6) is 0 Å². The maximum Gasteiger partial charge on any atom is 0.243 e. The molecule has 2 aliphatic heterocycles. The lowest BCUT2D eigenvalue weighted by Gasteiger charge is -2.41. The fourth-order valence-corrected chi connectivity index (χ4v) is 7.09. The predicted molar refractivity (Wildman–Crippen MR) is 155 cm³/mol. The molecule has 0 saturated carbocycles. The fourth-order valence-electron chi connectivity index (χ4n) is 5.16. The van der Waals surface area contributed by atoms with E-state index in [4.69, 9.17) is 22.1 Å². The standard InChI is InChI=1S/C29H37ClN4O6S/c30-25-8-6-22(17-31)24(16-25)18-32-28(36)26-10-11-34(26)29(37)23(7-9-27(35)33-12-14-40-15-13-33)20-41(38,39)19-21-4-2-1-3-5-21/h1-6,8,16,23,26H,7,9-15,17-20,31H2,(H,32,36)/t23-,26-/m0/s1. The van der Waals surface area contributed by atoms with Crippen LogP contribution in [0.3, 0.4) is 0 Å². The number of rotatable bonds is 12. The molecule has 2 aromatic rings. The molecule has 10 nitrogen and oxygen atoms in total. The van der Waals surface area contributed by atoms with Crippen molar-refractivity contribution in [1.29, 1.82) is 0 Å². The van der Waals surface area contributed by atoms with Gasteiger partial charge in [0.2, 0.25) is 17.7 Å². The van der Waals surface area contributed by atoms with E-state index in [1.54, 1.807) is 47.4 Å². The van der Waals surface area contributed by atoms with Crippen molar-refractivity contribution in [3.8, 4) is 0 Å². The normalized spacial score (nSPS) is 18.0. The van der Waals surface area contributed by atoms with E-state index in [1.807, 2.05) is 6.07 Å². The van der Waals surface area contributed by atoms with Gasteiger partial charge in [0.15, 0.2) is 9.84 Å². The van der Waals surface area contributed by atoms with Crippen LogP contribution in [0.25, 0.3) is 0 Å². The van der Waals surface area contributed by atoms with Crippen molar-refractivity contribution >= 4 is 39.2 Å². The Kier molecular flexibility index (Phi) is 10.8. The van der Waals surface area contributed by atoms with Gasteiger partial charge >= 0.3 is 0 Å². The number of carbonyl (C=O) groups is 3. The molecule has 0 aliphatic carbocycles. The zero-order valence-corrected chi connectivity index (χ0v) is 24.5. The average Bonchev–Trinajstić information content (AvgIpc) is 2.94. The highest BCUT2D eigenvalue weighted by Crippen LogP contribution is 2.25. The molecular weight excluding hydrogens is 568 g/mol. The minimum atomic E-state index is -3.68. The lowest BCUT2D eigenvalue weighted by atomic mass is 9.96. The Morgan fingerprint density at radius 1 is 1.05 bits per heavy atom. The molecule has 2 atom stereocenters. The summed E-state index contributed by atoms with van der Waals surface area (Å²) >= 11 is 6.11. The molecule has 2 saturated heterocycles. The van der Waals surface area contributed by atoms with Gasteiger partial charge in [0.1, 0.15) is 6.04 Å². The highest BCUT2D eigenvalue weighted by atomic mass is 35.5. The highest BCUT2D eigenvalue weighted by molar-refractivity contribution is 7.90. The van der Waals surface area contributed by atoms with Gasteiger partial charge in [-0.25, -0.2) is 8.42 Å².